The monoisotopic (exact) mass is 622 g/mol. The van der Waals surface area contributed by atoms with Gasteiger partial charge in [0, 0.05) is 33.0 Å². The zero-order valence-electron chi connectivity index (χ0n) is 27.6. The first kappa shape index (κ1) is 29.6. The van der Waals surface area contributed by atoms with Crippen LogP contribution in [-0.2, 0) is 5.41 Å². The van der Waals surface area contributed by atoms with E-state index in [2.05, 4.69) is 128 Å². The van der Waals surface area contributed by atoms with Gasteiger partial charge in [0.2, 0.25) is 0 Å². The fourth-order valence-corrected chi connectivity index (χ4v) is 7.40. The third-order valence-electron chi connectivity index (χ3n) is 9.88. The van der Waals surface area contributed by atoms with E-state index in [0.29, 0.717) is 11.7 Å². The van der Waals surface area contributed by atoms with Crippen molar-refractivity contribution in [2.75, 3.05) is 0 Å². The predicted octanol–water partition coefficient (Wildman–Crippen LogP) is 10.4. The summed E-state index contributed by atoms with van der Waals surface area (Å²) in [7, 11) is 0. The van der Waals surface area contributed by atoms with E-state index in [9.17, 15) is 0 Å². The van der Waals surface area contributed by atoms with Gasteiger partial charge in [0.1, 0.15) is 5.84 Å². The molecule has 1 aromatic heterocycles. The number of hydrogen-bond donors (Lipinski definition) is 1. The summed E-state index contributed by atoms with van der Waals surface area (Å²) in [6, 6.07) is 51.2. The van der Waals surface area contributed by atoms with Crippen molar-refractivity contribution in [2.45, 2.75) is 38.6 Å². The first-order chi connectivity index (χ1) is 23.4. The molecule has 0 radical (unpaired) electrons. The Morgan fingerprint density at radius 2 is 1.33 bits per heavy atom. The first-order valence-corrected chi connectivity index (χ1v) is 16.7. The molecule has 48 heavy (non-hydrogen) atoms. The van der Waals surface area contributed by atoms with Crippen LogP contribution >= 0.6 is 0 Å². The van der Waals surface area contributed by atoms with E-state index < -0.39 is 0 Å². The molecule has 8 rings (SSSR count). The van der Waals surface area contributed by atoms with Crippen LogP contribution in [0.2, 0.25) is 0 Å². The minimum atomic E-state index is -0.0936. The van der Waals surface area contributed by atoms with Crippen molar-refractivity contribution in [3.8, 4) is 16.8 Å². The highest BCUT2D eigenvalue weighted by atomic mass is 15.0. The highest BCUT2D eigenvalue weighted by Gasteiger charge is 2.36. The van der Waals surface area contributed by atoms with Crippen molar-refractivity contribution in [3.05, 3.63) is 173 Å². The Morgan fingerprint density at radius 1 is 0.646 bits per heavy atom. The van der Waals surface area contributed by atoms with Crippen molar-refractivity contribution in [1.29, 1.82) is 0 Å². The second-order valence-corrected chi connectivity index (χ2v) is 13.1. The molecule has 6 aromatic carbocycles. The minimum absolute atomic E-state index is 0.0287. The van der Waals surface area contributed by atoms with Crippen LogP contribution < -0.4 is 5.73 Å². The van der Waals surface area contributed by atoms with E-state index >= 15 is 0 Å². The highest BCUT2D eigenvalue weighted by Crippen LogP contribution is 2.50. The molecule has 0 fully saturated rings. The highest BCUT2D eigenvalue weighted by molar-refractivity contribution is 6.13. The molecule has 2 N–H and O–H groups in total. The molecule has 0 aliphatic heterocycles. The molecule has 1 unspecified atom stereocenters. The van der Waals surface area contributed by atoms with Crippen molar-refractivity contribution in [1.82, 2.24) is 4.57 Å². The van der Waals surface area contributed by atoms with Gasteiger partial charge in [-0.25, -0.2) is 4.99 Å². The molecule has 4 heteroatoms. The van der Waals surface area contributed by atoms with Crippen molar-refractivity contribution in [3.63, 3.8) is 0 Å². The van der Waals surface area contributed by atoms with Crippen LogP contribution in [0.1, 0.15) is 61.1 Å². The largest absolute Gasteiger partial charge is 0.383 e. The number of benzene rings is 6. The number of para-hydroxylation sites is 1. The molecule has 7 aromatic rings. The molecule has 1 aliphatic rings. The summed E-state index contributed by atoms with van der Waals surface area (Å²) < 4.78 is 2.37. The number of fused-ring (bicyclic) bond motifs is 6. The third-order valence-corrected chi connectivity index (χ3v) is 9.88. The molecule has 4 nitrogen and oxygen atoms in total. The van der Waals surface area contributed by atoms with Crippen LogP contribution in [0.4, 0.5) is 0 Å². The number of nitrogens with zero attached hydrogens (tertiary/aromatic N) is 3. The molecule has 1 aliphatic carbocycles. The maximum atomic E-state index is 6.85. The summed E-state index contributed by atoms with van der Waals surface area (Å²) in [4.78, 5) is 10.2. The molecule has 0 saturated carbocycles. The van der Waals surface area contributed by atoms with Gasteiger partial charge in [-0.3, -0.25) is 4.99 Å². The standard InChI is InChI=1S/C44H38N4/c1-4-39(29-16-7-5-8-17-29)46-43(30-18-9-6-10-19-30)47-42(45)31-20-15-21-32(26-31)48-40-25-14-12-23-34(40)36-27-35-33-22-11-13-24-37(33)44(2,3)38(35)28-41(36)48/h5-28,39H,4H2,1-3H3,(H2,45,46,47). The number of nitrogens with two attached hydrogens (primary N) is 1. The van der Waals surface area contributed by atoms with Gasteiger partial charge in [-0.15, -0.1) is 0 Å². The molecular formula is C44H38N4. The van der Waals surface area contributed by atoms with E-state index in [0.717, 1.165) is 34.3 Å². The van der Waals surface area contributed by atoms with E-state index in [1.165, 1.54) is 38.5 Å². The maximum Gasteiger partial charge on any atom is 0.157 e. The molecule has 1 heterocycles. The zero-order valence-corrected chi connectivity index (χ0v) is 27.6. The van der Waals surface area contributed by atoms with Crippen molar-refractivity contribution in [2.24, 2.45) is 15.7 Å². The molecule has 0 saturated heterocycles. The van der Waals surface area contributed by atoms with Gasteiger partial charge in [-0.2, -0.15) is 0 Å². The Morgan fingerprint density at radius 3 is 2.12 bits per heavy atom. The number of hydrogen-bond acceptors (Lipinski definition) is 1. The van der Waals surface area contributed by atoms with Gasteiger partial charge in [0.05, 0.1) is 17.1 Å². The van der Waals surface area contributed by atoms with Gasteiger partial charge >= 0.3 is 0 Å². The van der Waals surface area contributed by atoms with E-state index in [4.69, 9.17) is 15.7 Å². The predicted molar refractivity (Wildman–Crippen MR) is 202 cm³/mol. The average Bonchev–Trinajstić information content (AvgIpc) is 3.58. The van der Waals surface area contributed by atoms with Crippen LogP contribution in [0.5, 0.6) is 0 Å². The normalized spacial score (nSPS) is 14.6. The lowest BCUT2D eigenvalue weighted by molar-refractivity contribution is 0.661. The molecule has 234 valence electrons. The Balaban J connectivity index is 1.27. The topological polar surface area (TPSA) is 55.7 Å². The lowest BCUT2D eigenvalue weighted by atomic mass is 9.82. The number of amidine groups is 2. The minimum Gasteiger partial charge on any atom is -0.383 e. The van der Waals surface area contributed by atoms with Crippen molar-refractivity contribution >= 4 is 33.5 Å². The van der Waals surface area contributed by atoms with Gasteiger partial charge in [0.15, 0.2) is 5.84 Å². The van der Waals surface area contributed by atoms with E-state index in [1.54, 1.807) is 0 Å². The summed E-state index contributed by atoms with van der Waals surface area (Å²) in [5, 5.41) is 2.48. The SMILES string of the molecule is CCC(/N=C(\N=C(/N)c1cccc(-n2c3ccccc3c3cc4c(cc32)C(C)(C)c2ccccc2-4)c1)c1ccccc1)c1ccccc1. The Labute approximate surface area is 281 Å². The van der Waals surface area contributed by atoms with Crippen molar-refractivity contribution < 1.29 is 0 Å². The first-order valence-electron chi connectivity index (χ1n) is 16.7. The lowest BCUT2D eigenvalue weighted by Gasteiger charge is -2.21. The summed E-state index contributed by atoms with van der Waals surface area (Å²) in [6.45, 7) is 6.82. The Hall–Kier alpha value is -5.74. The van der Waals surface area contributed by atoms with Crippen LogP contribution in [0.15, 0.2) is 156 Å². The van der Waals surface area contributed by atoms with Crippen LogP contribution in [0.3, 0.4) is 0 Å². The van der Waals surface area contributed by atoms with Crippen LogP contribution in [-0.4, -0.2) is 16.2 Å². The average molecular weight is 623 g/mol. The third kappa shape index (κ3) is 4.92. The quantitative estimate of drug-likeness (QED) is 0.146. The zero-order chi connectivity index (χ0) is 32.8. The molecule has 1 atom stereocenters. The van der Waals surface area contributed by atoms with Crippen LogP contribution in [0, 0.1) is 0 Å². The van der Waals surface area contributed by atoms with E-state index in [1.807, 2.05) is 42.5 Å². The number of aromatic nitrogens is 1. The second-order valence-electron chi connectivity index (χ2n) is 13.1. The van der Waals surface area contributed by atoms with Gasteiger partial charge in [-0.1, -0.05) is 136 Å². The second kappa shape index (κ2) is 11.8. The fourth-order valence-electron chi connectivity index (χ4n) is 7.40. The van der Waals surface area contributed by atoms with Gasteiger partial charge < -0.3 is 10.3 Å². The maximum absolute atomic E-state index is 6.85. The van der Waals surface area contributed by atoms with E-state index in [-0.39, 0.29) is 11.5 Å². The summed E-state index contributed by atoms with van der Waals surface area (Å²) in [5.41, 5.74) is 18.5. The summed E-state index contributed by atoms with van der Waals surface area (Å²) in [6.07, 6.45) is 0.852. The molecular weight excluding hydrogens is 585 g/mol. The van der Waals surface area contributed by atoms with Gasteiger partial charge in [-0.05, 0) is 64.6 Å². The van der Waals surface area contributed by atoms with Gasteiger partial charge in [0.25, 0.3) is 0 Å². The fraction of sp³-hybridized carbons (Fsp3) is 0.136. The van der Waals surface area contributed by atoms with Crippen LogP contribution in [0.25, 0.3) is 38.6 Å². The number of aliphatic imine (C=N–C) groups is 2. The molecule has 0 bridgehead atoms. The summed E-state index contributed by atoms with van der Waals surface area (Å²) in [5.74, 6) is 1.06. The lowest BCUT2D eigenvalue weighted by Crippen LogP contribution is -2.17. The molecule has 0 amide bonds. The Bertz CT molecular complexity index is 2360. The number of rotatable bonds is 6. The smallest absolute Gasteiger partial charge is 0.157 e. The Kier molecular flexibility index (Phi) is 7.29. The molecule has 0 spiro atoms. The summed E-state index contributed by atoms with van der Waals surface area (Å²) >= 11 is 0.